The van der Waals surface area contributed by atoms with Crippen molar-refractivity contribution >= 4 is 40.8 Å². The molecule has 0 radical (unpaired) electrons. The molecule has 1 N–H and O–H groups in total. The van der Waals surface area contributed by atoms with Crippen LogP contribution >= 0.6 is 11.6 Å². The van der Waals surface area contributed by atoms with Gasteiger partial charge in [0.05, 0.1) is 17.9 Å². The van der Waals surface area contributed by atoms with E-state index in [2.05, 4.69) is 5.32 Å². The molecule has 0 atom stereocenters. The monoisotopic (exact) mass is 412 g/mol. The van der Waals surface area contributed by atoms with E-state index in [-0.39, 0.29) is 10.7 Å². The van der Waals surface area contributed by atoms with Crippen molar-refractivity contribution in [2.24, 2.45) is 0 Å². The van der Waals surface area contributed by atoms with Crippen LogP contribution in [0.2, 0.25) is 0 Å². The summed E-state index contributed by atoms with van der Waals surface area (Å²) in [6.07, 6.45) is 1.60. The van der Waals surface area contributed by atoms with E-state index in [1.54, 1.807) is 36.4 Å². The van der Waals surface area contributed by atoms with Crippen LogP contribution in [0, 0.1) is 0 Å². The largest absolute Gasteiger partial charge is 0.462 e. The SMILES string of the molecule is CCCOC(=O)c1ccc(NC2=C(Cl)C(=O)N(c3ccc(CC)cc3)C2=O)cc1. The van der Waals surface area contributed by atoms with E-state index in [0.29, 0.717) is 23.5 Å². The maximum absolute atomic E-state index is 12.8. The lowest BCUT2D eigenvalue weighted by Gasteiger charge is -2.15. The molecule has 0 bridgehead atoms. The Morgan fingerprint density at radius 3 is 2.24 bits per heavy atom. The molecule has 1 heterocycles. The number of hydrogen-bond acceptors (Lipinski definition) is 5. The summed E-state index contributed by atoms with van der Waals surface area (Å²) in [5.41, 5.74) is 2.48. The number of carbonyl (C=O) groups excluding carboxylic acids is 3. The van der Waals surface area contributed by atoms with Gasteiger partial charge in [0, 0.05) is 5.69 Å². The minimum atomic E-state index is -0.580. The topological polar surface area (TPSA) is 75.7 Å². The fourth-order valence-electron chi connectivity index (χ4n) is 2.84. The molecule has 0 saturated carbocycles. The van der Waals surface area contributed by atoms with E-state index in [9.17, 15) is 14.4 Å². The molecule has 2 aromatic rings. The molecule has 0 unspecified atom stereocenters. The van der Waals surface area contributed by atoms with Crippen molar-refractivity contribution in [3.63, 3.8) is 0 Å². The average molecular weight is 413 g/mol. The highest BCUT2D eigenvalue weighted by atomic mass is 35.5. The van der Waals surface area contributed by atoms with Gasteiger partial charge in [0.1, 0.15) is 10.7 Å². The van der Waals surface area contributed by atoms with Crippen LogP contribution in [0.25, 0.3) is 0 Å². The molecule has 0 fully saturated rings. The third-order valence-electron chi connectivity index (χ3n) is 4.46. The Morgan fingerprint density at radius 2 is 1.66 bits per heavy atom. The Hall–Kier alpha value is -3.12. The molecule has 0 spiro atoms. The molecule has 0 aromatic heterocycles. The summed E-state index contributed by atoms with van der Waals surface area (Å²) in [5, 5.41) is 2.71. The number of rotatable bonds is 7. The first kappa shape index (κ1) is 20.6. The maximum atomic E-state index is 12.8. The minimum absolute atomic E-state index is 0.00227. The minimum Gasteiger partial charge on any atom is -0.462 e. The van der Waals surface area contributed by atoms with Gasteiger partial charge >= 0.3 is 5.97 Å². The Morgan fingerprint density at radius 1 is 1.00 bits per heavy atom. The Bertz CT molecular complexity index is 965. The summed E-state index contributed by atoms with van der Waals surface area (Å²) in [4.78, 5) is 38.3. The summed E-state index contributed by atoms with van der Waals surface area (Å²) in [6.45, 7) is 4.29. The van der Waals surface area contributed by atoms with Crippen LogP contribution in [0.5, 0.6) is 0 Å². The van der Waals surface area contributed by atoms with Gasteiger partial charge in [0.15, 0.2) is 0 Å². The summed E-state index contributed by atoms with van der Waals surface area (Å²) >= 11 is 6.15. The van der Waals surface area contributed by atoms with Gasteiger partial charge in [-0.15, -0.1) is 0 Å². The smallest absolute Gasteiger partial charge is 0.338 e. The number of nitrogens with zero attached hydrogens (tertiary/aromatic N) is 1. The van der Waals surface area contributed by atoms with Crippen LogP contribution in [0.3, 0.4) is 0 Å². The van der Waals surface area contributed by atoms with Gasteiger partial charge in [-0.05, 0) is 54.8 Å². The lowest BCUT2D eigenvalue weighted by atomic mass is 10.1. The predicted molar refractivity (Wildman–Crippen MR) is 112 cm³/mol. The van der Waals surface area contributed by atoms with Crippen molar-refractivity contribution in [2.75, 3.05) is 16.8 Å². The van der Waals surface area contributed by atoms with E-state index >= 15 is 0 Å². The molecule has 2 aromatic carbocycles. The van der Waals surface area contributed by atoms with Gasteiger partial charge in [-0.25, -0.2) is 9.69 Å². The number of aryl methyl sites for hydroxylation is 1. The number of nitrogens with one attached hydrogen (secondary N) is 1. The summed E-state index contributed by atoms with van der Waals surface area (Å²) < 4.78 is 5.08. The number of ether oxygens (including phenoxy) is 1. The van der Waals surface area contributed by atoms with Crippen LogP contribution in [0.4, 0.5) is 11.4 Å². The zero-order valence-corrected chi connectivity index (χ0v) is 17.0. The zero-order valence-electron chi connectivity index (χ0n) is 16.2. The van der Waals surface area contributed by atoms with Crippen molar-refractivity contribution in [1.82, 2.24) is 0 Å². The number of hydrogen-bond donors (Lipinski definition) is 1. The van der Waals surface area contributed by atoms with Crippen molar-refractivity contribution in [3.05, 3.63) is 70.4 Å². The molecular weight excluding hydrogens is 392 g/mol. The van der Waals surface area contributed by atoms with Crippen molar-refractivity contribution in [1.29, 1.82) is 0 Å². The van der Waals surface area contributed by atoms with Gasteiger partial charge in [-0.3, -0.25) is 9.59 Å². The number of halogens is 1. The average Bonchev–Trinajstić information content (AvgIpc) is 2.95. The zero-order chi connectivity index (χ0) is 21.0. The second kappa shape index (κ2) is 8.92. The summed E-state index contributed by atoms with van der Waals surface area (Å²) in [6, 6.07) is 13.6. The van der Waals surface area contributed by atoms with Gasteiger partial charge < -0.3 is 10.1 Å². The van der Waals surface area contributed by atoms with Crippen LogP contribution in [-0.4, -0.2) is 24.4 Å². The van der Waals surface area contributed by atoms with Crippen molar-refractivity contribution < 1.29 is 19.1 Å². The molecule has 150 valence electrons. The Labute approximate surface area is 174 Å². The normalized spacial score (nSPS) is 13.8. The third-order valence-corrected chi connectivity index (χ3v) is 4.81. The molecule has 3 rings (SSSR count). The molecule has 0 saturated heterocycles. The first-order valence-electron chi connectivity index (χ1n) is 9.38. The molecule has 29 heavy (non-hydrogen) atoms. The molecule has 0 aliphatic carbocycles. The first-order chi connectivity index (χ1) is 14.0. The number of anilines is 2. The second-order valence-corrected chi connectivity index (χ2v) is 6.87. The number of benzene rings is 2. The van der Waals surface area contributed by atoms with E-state index in [1.807, 2.05) is 26.0 Å². The number of imide groups is 1. The standard InChI is InChI=1S/C22H21ClN2O4/c1-3-13-29-22(28)15-7-9-16(10-8-15)24-19-18(23)20(26)25(21(19)27)17-11-5-14(4-2)6-12-17/h5-12,24H,3-4,13H2,1-2H3. The van der Waals surface area contributed by atoms with Crippen LogP contribution in [-0.2, 0) is 20.7 Å². The highest BCUT2D eigenvalue weighted by Gasteiger charge is 2.38. The van der Waals surface area contributed by atoms with E-state index < -0.39 is 17.8 Å². The van der Waals surface area contributed by atoms with E-state index in [0.717, 1.165) is 23.3 Å². The number of esters is 1. The van der Waals surface area contributed by atoms with E-state index in [4.69, 9.17) is 16.3 Å². The third kappa shape index (κ3) is 4.32. The first-order valence-corrected chi connectivity index (χ1v) is 9.75. The van der Waals surface area contributed by atoms with Gasteiger partial charge in [-0.1, -0.05) is 37.6 Å². The van der Waals surface area contributed by atoms with Crippen molar-refractivity contribution in [3.8, 4) is 0 Å². The van der Waals surface area contributed by atoms with E-state index in [1.165, 1.54) is 0 Å². The maximum Gasteiger partial charge on any atom is 0.338 e. The lowest BCUT2D eigenvalue weighted by molar-refractivity contribution is -0.120. The predicted octanol–water partition coefficient (Wildman–Crippen LogP) is 4.25. The molecular formula is C22H21ClN2O4. The number of carbonyl (C=O) groups is 3. The molecule has 6 nitrogen and oxygen atoms in total. The molecule has 1 aliphatic rings. The highest BCUT2D eigenvalue weighted by Crippen LogP contribution is 2.30. The highest BCUT2D eigenvalue weighted by molar-refractivity contribution is 6.53. The fourth-order valence-corrected chi connectivity index (χ4v) is 3.05. The quantitative estimate of drug-likeness (QED) is 0.543. The summed E-state index contributed by atoms with van der Waals surface area (Å²) in [7, 11) is 0. The van der Waals surface area contributed by atoms with Gasteiger partial charge in [0.2, 0.25) is 0 Å². The van der Waals surface area contributed by atoms with Gasteiger partial charge in [-0.2, -0.15) is 0 Å². The lowest BCUT2D eigenvalue weighted by Crippen LogP contribution is -2.32. The Balaban J connectivity index is 1.76. The van der Waals surface area contributed by atoms with Crippen LogP contribution in [0.1, 0.15) is 36.2 Å². The van der Waals surface area contributed by atoms with Crippen LogP contribution < -0.4 is 10.2 Å². The molecule has 1 aliphatic heterocycles. The summed E-state index contributed by atoms with van der Waals surface area (Å²) in [5.74, 6) is -1.52. The van der Waals surface area contributed by atoms with Crippen LogP contribution in [0.15, 0.2) is 59.3 Å². The molecule has 7 heteroatoms. The Kier molecular flexibility index (Phi) is 6.34. The molecule has 2 amide bonds. The number of amides is 2. The van der Waals surface area contributed by atoms with Gasteiger partial charge in [0.25, 0.3) is 11.8 Å². The van der Waals surface area contributed by atoms with Crippen molar-refractivity contribution in [2.45, 2.75) is 26.7 Å². The fraction of sp³-hybridized carbons (Fsp3) is 0.227. The second-order valence-electron chi connectivity index (χ2n) is 6.49.